The third-order valence-electron chi connectivity index (χ3n) is 3.70. The number of anilines is 1. The minimum Gasteiger partial charge on any atom is -0.381 e. The van der Waals surface area contributed by atoms with Gasteiger partial charge in [0, 0.05) is 18.9 Å². The van der Waals surface area contributed by atoms with E-state index in [2.05, 4.69) is 15.3 Å². The zero-order valence-corrected chi connectivity index (χ0v) is 13.9. The van der Waals surface area contributed by atoms with Crippen molar-refractivity contribution in [3.63, 3.8) is 0 Å². The second kappa shape index (κ2) is 7.28. The molecule has 2 heterocycles. The summed E-state index contributed by atoms with van der Waals surface area (Å²) in [7, 11) is 0. The molecular formula is C14H20Cl2N4O2. The second-order valence-corrected chi connectivity index (χ2v) is 5.28. The Hall–Kier alpha value is -1.34. The molecule has 0 bridgehead atoms. The SMILES string of the molecule is Cc1nc2ccc(NC(=O)C3(N)CCOCC3)cc2[nH]1.Cl.Cl. The minimum absolute atomic E-state index is 0. The molecule has 1 aromatic heterocycles. The lowest BCUT2D eigenvalue weighted by molar-refractivity contribution is -0.124. The average molecular weight is 347 g/mol. The molecule has 22 heavy (non-hydrogen) atoms. The third-order valence-corrected chi connectivity index (χ3v) is 3.70. The number of carbonyl (C=O) groups is 1. The van der Waals surface area contributed by atoms with Crippen LogP contribution in [0.15, 0.2) is 18.2 Å². The molecule has 1 aliphatic rings. The van der Waals surface area contributed by atoms with Crippen LogP contribution in [0.1, 0.15) is 18.7 Å². The Morgan fingerprint density at radius 2 is 2.05 bits per heavy atom. The van der Waals surface area contributed by atoms with Crippen LogP contribution in [0.25, 0.3) is 11.0 Å². The molecule has 2 aromatic rings. The van der Waals surface area contributed by atoms with Crippen molar-refractivity contribution in [1.29, 1.82) is 0 Å². The van der Waals surface area contributed by atoms with Crippen LogP contribution in [0.4, 0.5) is 5.69 Å². The van der Waals surface area contributed by atoms with Gasteiger partial charge < -0.3 is 20.8 Å². The molecule has 1 saturated heterocycles. The molecule has 0 aliphatic carbocycles. The fraction of sp³-hybridized carbons (Fsp3) is 0.429. The highest BCUT2D eigenvalue weighted by molar-refractivity contribution is 5.99. The number of imidazole rings is 1. The summed E-state index contributed by atoms with van der Waals surface area (Å²) in [4.78, 5) is 19.8. The van der Waals surface area contributed by atoms with Gasteiger partial charge in [0.05, 0.1) is 11.0 Å². The highest BCUT2D eigenvalue weighted by atomic mass is 35.5. The van der Waals surface area contributed by atoms with Gasteiger partial charge in [-0.25, -0.2) is 4.98 Å². The van der Waals surface area contributed by atoms with Gasteiger partial charge in [-0.15, -0.1) is 24.8 Å². The number of halogens is 2. The first-order chi connectivity index (χ1) is 9.57. The molecule has 4 N–H and O–H groups in total. The van der Waals surface area contributed by atoms with Crippen molar-refractivity contribution in [3.8, 4) is 0 Å². The number of ether oxygens (including phenoxy) is 1. The molecule has 0 radical (unpaired) electrons. The van der Waals surface area contributed by atoms with Crippen molar-refractivity contribution >= 4 is 47.4 Å². The molecule has 1 fully saturated rings. The predicted molar refractivity (Wildman–Crippen MR) is 90.9 cm³/mol. The summed E-state index contributed by atoms with van der Waals surface area (Å²) in [5.74, 6) is 0.694. The summed E-state index contributed by atoms with van der Waals surface area (Å²) >= 11 is 0. The smallest absolute Gasteiger partial charge is 0.244 e. The number of nitrogens with two attached hydrogens (primary N) is 1. The first-order valence-corrected chi connectivity index (χ1v) is 6.71. The third kappa shape index (κ3) is 3.70. The van der Waals surface area contributed by atoms with Crippen molar-refractivity contribution in [3.05, 3.63) is 24.0 Å². The quantitative estimate of drug-likeness (QED) is 0.776. The number of amides is 1. The van der Waals surface area contributed by atoms with E-state index >= 15 is 0 Å². The van der Waals surface area contributed by atoms with Crippen LogP contribution in [-0.4, -0.2) is 34.6 Å². The van der Waals surface area contributed by atoms with E-state index in [0.717, 1.165) is 22.5 Å². The standard InChI is InChI=1S/C14H18N4O2.2ClH/c1-9-16-11-3-2-10(8-12(11)17-9)18-13(19)14(15)4-6-20-7-5-14;;/h2-3,8H,4-7,15H2,1H3,(H,16,17)(H,18,19);2*1H. The van der Waals surface area contributed by atoms with Crippen LogP contribution < -0.4 is 11.1 Å². The first-order valence-electron chi connectivity index (χ1n) is 6.71. The van der Waals surface area contributed by atoms with Gasteiger partial charge in [0.25, 0.3) is 0 Å². The summed E-state index contributed by atoms with van der Waals surface area (Å²) in [5, 5.41) is 2.89. The second-order valence-electron chi connectivity index (χ2n) is 5.28. The van der Waals surface area contributed by atoms with Crippen molar-refractivity contribution in [2.45, 2.75) is 25.3 Å². The van der Waals surface area contributed by atoms with E-state index in [4.69, 9.17) is 10.5 Å². The molecule has 0 saturated carbocycles. The van der Waals surface area contributed by atoms with E-state index in [1.807, 2.05) is 25.1 Å². The lowest BCUT2D eigenvalue weighted by atomic mass is 9.90. The molecule has 1 amide bonds. The van der Waals surface area contributed by atoms with Gasteiger partial charge in [-0.05, 0) is 38.0 Å². The summed E-state index contributed by atoms with van der Waals surface area (Å²) in [6.45, 7) is 2.96. The molecule has 0 spiro atoms. The van der Waals surface area contributed by atoms with Gasteiger partial charge in [0.15, 0.2) is 0 Å². The number of aryl methyl sites for hydroxylation is 1. The van der Waals surface area contributed by atoms with Crippen LogP contribution in [-0.2, 0) is 9.53 Å². The van der Waals surface area contributed by atoms with Crippen LogP contribution in [0.2, 0.25) is 0 Å². The number of nitrogens with zero attached hydrogens (tertiary/aromatic N) is 1. The number of aromatic nitrogens is 2. The average Bonchev–Trinajstić information content (AvgIpc) is 2.79. The van der Waals surface area contributed by atoms with E-state index in [1.54, 1.807) is 0 Å². The normalized spacial score (nSPS) is 16.5. The van der Waals surface area contributed by atoms with E-state index in [9.17, 15) is 4.79 Å². The van der Waals surface area contributed by atoms with Crippen LogP contribution in [0.5, 0.6) is 0 Å². The summed E-state index contributed by atoms with van der Waals surface area (Å²) in [6.07, 6.45) is 1.09. The van der Waals surface area contributed by atoms with Gasteiger partial charge in [0.2, 0.25) is 5.91 Å². The van der Waals surface area contributed by atoms with Crippen LogP contribution in [0.3, 0.4) is 0 Å². The molecular weight excluding hydrogens is 327 g/mol. The number of aromatic amines is 1. The van der Waals surface area contributed by atoms with E-state index < -0.39 is 5.54 Å². The Morgan fingerprint density at radius 3 is 2.73 bits per heavy atom. The molecule has 0 unspecified atom stereocenters. The van der Waals surface area contributed by atoms with Gasteiger partial charge in [-0.2, -0.15) is 0 Å². The number of carbonyl (C=O) groups excluding carboxylic acids is 1. The fourth-order valence-electron chi connectivity index (χ4n) is 2.43. The fourth-order valence-corrected chi connectivity index (χ4v) is 2.43. The zero-order valence-electron chi connectivity index (χ0n) is 12.2. The Morgan fingerprint density at radius 1 is 1.36 bits per heavy atom. The minimum atomic E-state index is -0.836. The summed E-state index contributed by atoms with van der Waals surface area (Å²) in [6, 6.07) is 5.58. The molecule has 8 heteroatoms. The maximum absolute atomic E-state index is 12.3. The monoisotopic (exact) mass is 346 g/mol. The summed E-state index contributed by atoms with van der Waals surface area (Å²) < 4.78 is 5.25. The Kier molecular flexibility index (Phi) is 6.19. The number of H-pyrrole nitrogens is 1. The number of hydrogen-bond acceptors (Lipinski definition) is 4. The molecule has 122 valence electrons. The number of benzene rings is 1. The highest BCUT2D eigenvalue weighted by Gasteiger charge is 2.35. The Balaban J connectivity index is 0.00000121. The number of rotatable bonds is 2. The summed E-state index contributed by atoms with van der Waals surface area (Å²) in [5.41, 5.74) is 7.83. The number of fused-ring (bicyclic) bond motifs is 1. The zero-order chi connectivity index (χ0) is 14.2. The number of hydrogen-bond donors (Lipinski definition) is 3. The molecule has 1 aromatic carbocycles. The maximum Gasteiger partial charge on any atom is 0.244 e. The van der Waals surface area contributed by atoms with Gasteiger partial charge >= 0.3 is 0 Å². The van der Waals surface area contributed by atoms with Crippen molar-refractivity contribution in [2.24, 2.45) is 5.73 Å². The highest BCUT2D eigenvalue weighted by Crippen LogP contribution is 2.22. The van der Waals surface area contributed by atoms with Crippen molar-refractivity contribution < 1.29 is 9.53 Å². The lowest BCUT2D eigenvalue weighted by Gasteiger charge is -2.31. The topological polar surface area (TPSA) is 93.0 Å². The van der Waals surface area contributed by atoms with E-state index in [-0.39, 0.29) is 30.7 Å². The molecule has 0 atom stereocenters. The van der Waals surface area contributed by atoms with Crippen molar-refractivity contribution in [2.75, 3.05) is 18.5 Å². The predicted octanol–water partition coefficient (Wildman–Crippen LogP) is 2.16. The molecule has 3 rings (SSSR count). The number of nitrogens with one attached hydrogen (secondary N) is 2. The van der Waals surface area contributed by atoms with Crippen LogP contribution >= 0.6 is 24.8 Å². The Bertz CT molecular complexity index is 653. The van der Waals surface area contributed by atoms with Crippen LogP contribution in [0, 0.1) is 6.92 Å². The first kappa shape index (κ1) is 18.7. The van der Waals surface area contributed by atoms with Crippen molar-refractivity contribution in [1.82, 2.24) is 9.97 Å². The van der Waals surface area contributed by atoms with Gasteiger partial charge in [-0.1, -0.05) is 0 Å². The molecule has 6 nitrogen and oxygen atoms in total. The molecule has 1 aliphatic heterocycles. The van der Waals surface area contributed by atoms with E-state index in [0.29, 0.717) is 26.1 Å². The van der Waals surface area contributed by atoms with Gasteiger partial charge in [-0.3, -0.25) is 4.79 Å². The largest absolute Gasteiger partial charge is 0.381 e. The Labute approximate surface area is 141 Å². The lowest BCUT2D eigenvalue weighted by Crippen LogP contribution is -2.54. The van der Waals surface area contributed by atoms with E-state index in [1.165, 1.54) is 0 Å². The van der Waals surface area contributed by atoms with Gasteiger partial charge in [0.1, 0.15) is 11.4 Å². The maximum atomic E-state index is 12.3.